The van der Waals surface area contributed by atoms with Gasteiger partial charge >= 0.3 is 5.69 Å². The van der Waals surface area contributed by atoms with E-state index in [0.717, 1.165) is 17.5 Å². The normalized spacial score (nSPS) is 11.0. The summed E-state index contributed by atoms with van der Waals surface area (Å²) in [6.45, 7) is 2.53. The Morgan fingerprint density at radius 2 is 1.76 bits per heavy atom. The van der Waals surface area contributed by atoms with Gasteiger partial charge in [0.05, 0.1) is 21.7 Å². The molecule has 0 bridgehead atoms. The number of carbonyl (C=O) groups is 1. The zero-order chi connectivity index (χ0) is 18.0. The highest BCUT2D eigenvalue weighted by Gasteiger charge is 2.15. The standard InChI is InChI=1S/C18H17Cl2N3O2/c1-2-9-22-15-5-3-4-6-16(15)23(18(22)25)11-17(24)21-14-8-7-12(19)10-13(14)20/h3-8,10H,2,9,11H2,1H3,(H,21,24). The minimum atomic E-state index is -0.328. The molecule has 5 nitrogen and oxygen atoms in total. The summed E-state index contributed by atoms with van der Waals surface area (Å²) in [5, 5.41) is 3.56. The van der Waals surface area contributed by atoms with E-state index in [1.54, 1.807) is 22.8 Å². The molecular formula is C18H17Cl2N3O2. The van der Waals surface area contributed by atoms with E-state index in [1.807, 2.05) is 31.2 Å². The van der Waals surface area contributed by atoms with Crippen molar-refractivity contribution in [3.05, 3.63) is 63.0 Å². The zero-order valence-corrected chi connectivity index (χ0v) is 15.1. The molecule has 1 amide bonds. The van der Waals surface area contributed by atoms with Crippen LogP contribution in [0.4, 0.5) is 5.69 Å². The lowest BCUT2D eigenvalue weighted by Gasteiger charge is -2.08. The maximum Gasteiger partial charge on any atom is 0.329 e. The van der Waals surface area contributed by atoms with E-state index in [4.69, 9.17) is 23.2 Å². The van der Waals surface area contributed by atoms with Gasteiger partial charge in [0.2, 0.25) is 5.91 Å². The molecule has 0 saturated heterocycles. The molecule has 2 aromatic carbocycles. The number of aryl methyl sites for hydroxylation is 1. The Hall–Kier alpha value is -2.24. The molecule has 130 valence electrons. The van der Waals surface area contributed by atoms with Crippen LogP contribution in [0.25, 0.3) is 11.0 Å². The number of imidazole rings is 1. The van der Waals surface area contributed by atoms with Gasteiger partial charge in [0.15, 0.2) is 0 Å². The van der Waals surface area contributed by atoms with Gasteiger partial charge in [0.1, 0.15) is 6.54 Å². The van der Waals surface area contributed by atoms with E-state index in [9.17, 15) is 9.59 Å². The van der Waals surface area contributed by atoms with Crippen LogP contribution in [0.3, 0.4) is 0 Å². The summed E-state index contributed by atoms with van der Waals surface area (Å²) >= 11 is 11.9. The van der Waals surface area contributed by atoms with Gasteiger partial charge in [-0.1, -0.05) is 42.3 Å². The lowest BCUT2D eigenvalue weighted by Crippen LogP contribution is -2.29. The molecule has 3 rings (SSSR count). The van der Waals surface area contributed by atoms with Crippen molar-refractivity contribution in [3.63, 3.8) is 0 Å². The van der Waals surface area contributed by atoms with Crippen LogP contribution in [-0.2, 0) is 17.9 Å². The van der Waals surface area contributed by atoms with Crippen molar-refractivity contribution in [2.75, 3.05) is 5.32 Å². The minimum absolute atomic E-state index is 0.0883. The van der Waals surface area contributed by atoms with E-state index in [-0.39, 0.29) is 18.1 Å². The van der Waals surface area contributed by atoms with E-state index in [1.165, 1.54) is 4.57 Å². The van der Waals surface area contributed by atoms with Gasteiger partial charge in [-0.05, 0) is 36.8 Å². The number of nitrogens with zero attached hydrogens (tertiary/aromatic N) is 2. The van der Waals surface area contributed by atoms with Crippen LogP contribution in [0.2, 0.25) is 10.0 Å². The minimum Gasteiger partial charge on any atom is -0.323 e. The van der Waals surface area contributed by atoms with Gasteiger partial charge in [-0.25, -0.2) is 4.79 Å². The summed E-state index contributed by atoms with van der Waals surface area (Å²) in [6, 6.07) is 12.3. The maximum absolute atomic E-state index is 12.7. The third-order valence-electron chi connectivity index (χ3n) is 3.88. The first kappa shape index (κ1) is 17.6. The molecule has 0 aliphatic heterocycles. The third-order valence-corrected chi connectivity index (χ3v) is 4.43. The van der Waals surface area contributed by atoms with Gasteiger partial charge in [0, 0.05) is 11.6 Å². The van der Waals surface area contributed by atoms with Crippen molar-refractivity contribution in [2.45, 2.75) is 26.4 Å². The first-order chi connectivity index (χ1) is 12.0. The number of carbonyl (C=O) groups excluding carboxylic acids is 1. The van der Waals surface area contributed by atoms with Gasteiger partial charge in [-0.15, -0.1) is 0 Å². The molecule has 0 atom stereocenters. The van der Waals surface area contributed by atoms with Crippen molar-refractivity contribution in [3.8, 4) is 0 Å². The Morgan fingerprint density at radius 3 is 2.40 bits per heavy atom. The van der Waals surface area contributed by atoms with Gasteiger partial charge < -0.3 is 5.32 Å². The molecule has 1 aromatic heterocycles. The molecule has 0 radical (unpaired) electrons. The fourth-order valence-corrected chi connectivity index (χ4v) is 3.24. The second kappa shape index (κ2) is 7.33. The molecule has 0 aliphatic carbocycles. The van der Waals surface area contributed by atoms with E-state index < -0.39 is 0 Å². The van der Waals surface area contributed by atoms with E-state index in [2.05, 4.69) is 5.32 Å². The number of amides is 1. The first-order valence-electron chi connectivity index (χ1n) is 7.94. The van der Waals surface area contributed by atoms with Crippen LogP contribution in [-0.4, -0.2) is 15.0 Å². The van der Waals surface area contributed by atoms with Crippen LogP contribution in [0.1, 0.15) is 13.3 Å². The Labute approximate surface area is 154 Å². The van der Waals surface area contributed by atoms with Gasteiger partial charge in [0.25, 0.3) is 0 Å². The number of aromatic nitrogens is 2. The molecule has 3 aromatic rings. The van der Waals surface area contributed by atoms with Crippen LogP contribution in [0, 0.1) is 0 Å². The lowest BCUT2D eigenvalue weighted by molar-refractivity contribution is -0.116. The van der Waals surface area contributed by atoms with E-state index in [0.29, 0.717) is 22.3 Å². The summed E-state index contributed by atoms with van der Waals surface area (Å²) in [7, 11) is 0. The Kier molecular flexibility index (Phi) is 5.16. The Morgan fingerprint density at radius 1 is 1.08 bits per heavy atom. The number of fused-ring (bicyclic) bond motifs is 1. The highest BCUT2D eigenvalue weighted by molar-refractivity contribution is 6.36. The molecule has 0 spiro atoms. The van der Waals surface area contributed by atoms with Crippen molar-refractivity contribution < 1.29 is 4.79 Å². The largest absolute Gasteiger partial charge is 0.329 e. The molecule has 0 aliphatic rings. The second-order valence-electron chi connectivity index (χ2n) is 5.68. The maximum atomic E-state index is 12.7. The predicted molar refractivity (Wildman–Crippen MR) is 102 cm³/mol. The number of para-hydroxylation sites is 2. The molecule has 1 heterocycles. The van der Waals surface area contributed by atoms with Crippen molar-refractivity contribution in [1.82, 2.24) is 9.13 Å². The highest BCUT2D eigenvalue weighted by atomic mass is 35.5. The topological polar surface area (TPSA) is 56.0 Å². The van der Waals surface area contributed by atoms with Gasteiger partial charge in [-0.2, -0.15) is 0 Å². The summed E-state index contributed by atoms with van der Waals surface area (Å²) < 4.78 is 3.17. The highest BCUT2D eigenvalue weighted by Crippen LogP contribution is 2.25. The number of hydrogen-bond acceptors (Lipinski definition) is 2. The Bertz CT molecular complexity index is 992. The lowest BCUT2D eigenvalue weighted by atomic mass is 10.3. The summed E-state index contributed by atoms with van der Waals surface area (Å²) in [6.07, 6.45) is 0.834. The number of anilines is 1. The number of halogens is 2. The average Bonchev–Trinajstić information content (AvgIpc) is 2.84. The zero-order valence-electron chi connectivity index (χ0n) is 13.6. The molecule has 7 heteroatoms. The Balaban J connectivity index is 1.91. The number of rotatable bonds is 5. The summed E-state index contributed by atoms with van der Waals surface area (Å²) in [5.74, 6) is -0.328. The van der Waals surface area contributed by atoms with E-state index >= 15 is 0 Å². The third kappa shape index (κ3) is 3.57. The number of benzene rings is 2. The van der Waals surface area contributed by atoms with Crippen LogP contribution < -0.4 is 11.0 Å². The van der Waals surface area contributed by atoms with Crippen molar-refractivity contribution in [2.24, 2.45) is 0 Å². The predicted octanol–water partition coefficient (Wildman–Crippen LogP) is 4.16. The molecule has 0 saturated carbocycles. The van der Waals surface area contributed by atoms with Crippen LogP contribution in [0.5, 0.6) is 0 Å². The monoisotopic (exact) mass is 377 g/mol. The number of nitrogens with one attached hydrogen (secondary N) is 1. The SMILES string of the molecule is CCCn1c(=O)n(CC(=O)Nc2ccc(Cl)cc2Cl)c2ccccc21. The molecule has 0 fully saturated rings. The summed E-state index contributed by atoms with van der Waals surface area (Å²) in [5.41, 5.74) is 1.83. The van der Waals surface area contributed by atoms with Gasteiger partial charge in [-0.3, -0.25) is 13.9 Å². The molecule has 1 N–H and O–H groups in total. The fraction of sp³-hybridized carbons (Fsp3) is 0.222. The van der Waals surface area contributed by atoms with Crippen LogP contribution >= 0.6 is 23.2 Å². The quantitative estimate of drug-likeness (QED) is 0.725. The van der Waals surface area contributed by atoms with Crippen molar-refractivity contribution in [1.29, 1.82) is 0 Å². The van der Waals surface area contributed by atoms with Crippen molar-refractivity contribution >= 4 is 45.8 Å². The van der Waals surface area contributed by atoms with Crippen LogP contribution in [0.15, 0.2) is 47.3 Å². The molecule has 0 unspecified atom stereocenters. The smallest absolute Gasteiger partial charge is 0.323 e. The average molecular weight is 378 g/mol. The molecular weight excluding hydrogens is 361 g/mol. The number of hydrogen-bond donors (Lipinski definition) is 1. The second-order valence-corrected chi connectivity index (χ2v) is 6.53. The first-order valence-corrected chi connectivity index (χ1v) is 8.70. The fourth-order valence-electron chi connectivity index (χ4n) is 2.79. The summed E-state index contributed by atoms with van der Waals surface area (Å²) in [4.78, 5) is 25.1. The molecule has 25 heavy (non-hydrogen) atoms.